The van der Waals surface area contributed by atoms with Gasteiger partial charge >= 0.3 is 6.18 Å². The number of ether oxygens (including phenoxy) is 1. The molecular formula is C21H20ClF3N4O. The molecule has 0 aliphatic rings. The summed E-state index contributed by atoms with van der Waals surface area (Å²) in [7, 11) is 0. The van der Waals surface area contributed by atoms with Crippen LogP contribution in [0.2, 0.25) is 5.02 Å². The van der Waals surface area contributed by atoms with E-state index in [9.17, 15) is 13.2 Å². The number of rotatable bonds is 7. The summed E-state index contributed by atoms with van der Waals surface area (Å²) in [5, 5.41) is 5.82. The van der Waals surface area contributed by atoms with E-state index in [-0.39, 0.29) is 17.1 Å². The van der Waals surface area contributed by atoms with Gasteiger partial charge in [-0.3, -0.25) is 0 Å². The van der Waals surface area contributed by atoms with Crippen LogP contribution in [-0.4, -0.2) is 16.1 Å². The Hall–Kier alpha value is -3.00. The van der Waals surface area contributed by atoms with Crippen molar-refractivity contribution in [2.45, 2.75) is 32.5 Å². The van der Waals surface area contributed by atoms with Crippen molar-refractivity contribution in [3.63, 3.8) is 0 Å². The maximum atomic E-state index is 13.4. The molecule has 0 aliphatic heterocycles. The van der Waals surface area contributed by atoms with Gasteiger partial charge in [0.05, 0.1) is 16.8 Å². The van der Waals surface area contributed by atoms with Crippen LogP contribution in [-0.2, 0) is 6.18 Å². The van der Waals surface area contributed by atoms with Crippen LogP contribution in [0.5, 0.6) is 5.75 Å². The first kappa shape index (κ1) is 21.7. The molecule has 0 spiro atoms. The van der Waals surface area contributed by atoms with Gasteiger partial charge < -0.3 is 15.4 Å². The van der Waals surface area contributed by atoms with E-state index in [2.05, 4.69) is 20.6 Å². The lowest BCUT2D eigenvalue weighted by atomic mass is 10.2. The van der Waals surface area contributed by atoms with Crippen LogP contribution in [0.25, 0.3) is 0 Å². The number of nitrogens with zero attached hydrogens (tertiary/aromatic N) is 2. The SMILES string of the molecule is CCC(C)Oc1ccc(Nc2ncc(C(F)(F)F)c(Nc3ccccc3Cl)n2)cc1. The van der Waals surface area contributed by atoms with Gasteiger partial charge in [0, 0.05) is 11.9 Å². The smallest absolute Gasteiger partial charge is 0.421 e. The minimum absolute atomic E-state index is 0.00754. The summed E-state index contributed by atoms with van der Waals surface area (Å²) in [6.07, 6.45) is -2.94. The Kier molecular flexibility index (Phi) is 6.66. The standard InChI is InChI=1S/C21H20ClF3N4O/c1-3-13(2)30-15-10-8-14(9-11-15)27-20-26-12-16(21(23,24)25)19(29-20)28-18-7-5-4-6-17(18)22/h4-13H,3H2,1-2H3,(H2,26,27,28,29). The van der Waals surface area contributed by atoms with E-state index in [0.29, 0.717) is 17.1 Å². The summed E-state index contributed by atoms with van der Waals surface area (Å²) in [5.41, 5.74) is -0.0823. The Morgan fingerprint density at radius 1 is 1.07 bits per heavy atom. The van der Waals surface area contributed by atoms with Crippen molar-refractivity contribution >= 4 is 34.7 Å². The fourth-order valence-electron chi connectivity index (χ4n) is 2.50. The van der Waals surface area contributed by atoms with Crippen molar-refractivity contribution in [1.82, 2.24) is 9.97 Å². The number of nitrogens with one attached hydrogen (secondary N) is 2. The van der Waals surface area contributed by atoms with Crippen LogP contribution in [0.15, 0.2) is 54.7 Å². The molecule has 2 aromatic carbocycles. The summed E-state index contributed by atoms with van der Waals surface area (Å²) in [6.45, 7) is 3.99. The predicted molar refractivity (Wildman–Crippen MR) is 112 cm³/mol. The molecule has 9 heteroatoms. The van der Waals surface area contributed by atoms with Crippen LogP contribution in [0.4, 0.5) is 36.3 Å². The number of halogens is 4. The molecule has 0 saturated heterocycles. The maximum Gasteiger partial charge on any atom is 0.421 e. The van der Waals surface area contributed by atoms with Gasteiger partial charge in [-0.2, -0.15) is 18.2 Å². The fraction of sp³-hybridized carbons (Fsp3) is 0.238. The molecule has 3 aromatic rings. The lowest BCUT2D eigenvalue weighted by Gasteiger charge is -2.16. The molecule has 0 radical (unpaired) electrons. The first-order chi connectivity index (χ1) is 14.3. The number of anilines is 4. The Morgan fingerprint density at radius 2 is 1.77 bits per heavy atom. The summed E-state index contributed by atoms with van der Waals surface area (Å²) in [5.74, 6) is 0.308. The van der Waals surface area contributed by atoms with E-state index in [4.69, 9.17) is 16.3 Å². The van der Waals surface area contributed by atoms with Gasteiger partial charge in [0.1, 0.15) is 17.1 Å². The van der Waals surface area contributed by atoms with Crippen molar-refractivity contribution in [2.75, 3.05) is 10.6 Å². The lowest BCUT2D eigenvalue weighted by molar-refractivity contribution is -0.137. The molecule has 3 rings (SSSR count). The van der Waals surface area contributed by atoms with Crippen LogP contribution < -0.4 is 15.4 Å². The molecule has 0 bridgehead atoms. The van der Waals surface area contributed by atoms with Crippen LogP contribution in [0.3, 0.4) is 0 Å². The Morgan fingerprint density at radius 3 is 2.40 bits per heavy atom. The van der Waals surface area contributed by atoms with E-state index in [1.165, 1.54) is 0 Å². The van der Waals surface area contributed by atoms with Gasteiger partial charge in [0.2, 0.25) is 5.95 Å². The van der Waals surface area contributed by atoms with E-state index < -0.39 is 17.6 Å². The molecule has 30 heavy (non-hydrogen) atoms. The zero-order valence-electron chi connectivity index (χ0n) is 16.3. The molecule has 5 nitrogen and oxygen atoms in total. The van der Waals surface area contributed by atoms with Gasteiger partial charge in [0.25, 0.3) is 0 Å². The molecule has 0 fully saturated rings. The summed E-state index contributed by atoms with van der Waals surface area (Å²) >= 11 is 6.06. The first-order valence-electron chi connectivity index (χ1n) is 9.25. The highest BCUT2D eigenvalue weighted by atomic mass is 35.5. The van der Waals surface area contributed by atoms with E-state index in [0.717, 1.165) is 12.6 Å². The summed E-state index contributed by atoms with van der Waals surface area (Å²) in [4.78, 5) is 7.81. The highest BCUT2D eigenvalue weighted by molar-refractivity contribution is 6.33. The van der Waals surface area contributed by atoms with E-state index >= 15 is 0 Å². The minimum atomic E-state index is -4.63. The largest absolute Gasteiger partial charge is 0.491 e. The third kappa shape index (κ3) is 5.54. The van der Waals surface area contributed by atoms with Crippen molar-refractivity contribution in [1.29, 1.82) is 0 Å². The van der Waals surface area contributed by atoms with Gasteiger partial charge in [-0.1, -0.05) is 30.7 Å². The average molecular weight is 437 g/mol. The molecule has 0 amide bonds. The van der Waals surface area contributed by atoms with Gasteiger partial charge in [-0.25, -0.2) is 4.98 Å². The van der Waals surface area contributed by atoms with Crippen molar-refractivity contribution in [2.24, 2.45) is 0 Å². The van der Waals surface area contributed by atoms with Gasteiger partial charge in [0.15, 0.2) is 0 Å². The van der Waals surface area contributed by atoms with Crippen molar-refractivity contribution in [3.05, 3.63) is 65.3 Å². The highest BCUT2D eigenvalue weighted by Gasteiger charge is 2.35. The van der Waals surface area contributed by atoms with E-state index in [1.54, 1.807) is 48.5 Å². The molecule has 1 aromatic heterocycles. The summed E-state index contributed by atoms with van der Waals surface area (Å²) in [6, 6.07) is 13.5. The second-order valence-electron chi connectivity index (χ2n) is 6.54. The highest BCUT2D eigenvalue weighted by Crippen LogP contribution is 2.36. The molecule has 0 aliphatic carbocycles. The second kappa shape index (κ2) is 9.21. The number of benzene rings is 2. The predicted octanol–water partition coefficient (Wildman–Crippen LogP) is 6.81. The van der Waals surface area contributed by atoms with Crippen LogP contribution >= 0.6 is 11.6 Å². The Balaban J connectivity index is 1.85. The summed E-state index contributed by atoms with van der Waals surface area (Å²) < 4.78 is 45.9. The van der Waals surface area contributed by atoms with E-state index in [1.807, 2.05) is 13.8 Å². The maximum absolute atomic E-state index is 13.4. The number of alkyl halides is 3. The second-order valence-corrected chi connectivity index (χ2v) is 6.95. The lowest BCUT2D eigenvalue weighted by Crippen LogP contribution is -2.12. The minimum Gasteiger partial charge on any atom is -0.491 e. The number of hydrogen-bond donors (Lipinski definition) is 2. The fourth-order valence-corrected chi connectivity index (χ4v) is 2.68. The van der Waals surface area contributed by atoms with Crippen LogP contribution in [0, 0.1) is 0 Å². The Labute approximate surface area is 177 Å². The molecule has 1 atom stereocenters. The third-order valence-corrected chi connectivity index (χ3v) is 4.57. The zero-order valence-corrected chi connectivity index (χ0v) is 17.1. The molecule has 1 unspecified atom stereocenters. The normalized spacial score (nSPS) is 12.3. The molecule has 0 saturated carbocycles. The van der Waals surface area contributed by atoms with Crippen LogP contribution in [0.1, 0.15) is 25.8 Å². The molecule has 2 N–H and O–H groups in total. The van der Waals surface area contributed by atoms with Gasteiger partial charge in [-0.05, 0) is 49.7 Å². The molecule has 158 valence electrons. The number of para-hydroxylation sites is 1. The first-order valence-corrected chi connectivity index (χ1v) is 9.63. The van der Waals surface area contributed by atoms with Crippen molar-refractivity contribution < 1.29 is 17.9 Å². The quantitative estimate of drug-likeness (QED) is 0.426. The monoisotopic (exact) mass is 436 g/mol. The number of hydrogen-bond acceptors (Lipinski definition) is 5. The van der Waals surface area contributed by atoms with Gasteiger partial charge in [-0.15, -0.1) is 0 Å². The topological polar surface area (TPSA) is 59.1 Å². The average Bonchev–Trinajstić information content (AvgIpc) is 2.70. The zero-order chi connectivity index (χ0) is 21.7. The third-order valence-electron chi connectivity index (χ3n) is 4.24. The Bertz CT molecular complexity index is 996. The molecular weight excluding hydrogens is 417 g/mol. The van der Waals surface area contributed by atoms with Crippen molar-refractivity contribution in [3.8, 4) is 5.75 Å². The molecule has 1 heterocycles. The number of aromatic nitrogens is 2.